The summed E-state index contributed by atoms with van der Waals surface area (Å²) in [7, 11) is -3.87. The third-order valence-electron chi connectivity index (χ3n) is 6.60. The molecule has 6 heteroatoms. The van der Waals surface area contributed by atoms with Crippen molar-refractivity contribution in [1.29, 1.82) is 0 Å². The van der Waals surface area contributed by atoms with Gasteiger partial charge in [0.15, 0.2) is 0 Å². The Labute approximate surface area is 179 Å². The summed E-state index contributed by atoms with van der Waals surface area (Å²) >= 11 is 0. The van der Waals surface area contributed by atoms with Crippen LogP contribution in [0.3, 0.4) is 0 Å². The first-order chi connectivity index (χ1) is 14.2. The van der Waals surface area contributed by atoms with E-state index in [1.165, 1.54) is 17.1 Å². The number of nitrogens with one attached hydrogen (secondary N) is 1. The van der Waals surface area contributed by atoms with Gasteiger partial charge in [0.2, 0.25) is 5.91 Å². The third-order valence-corrected chi connectivity index (χ3v) is 8.38. The van der Waals surface area contributed by atoms with E-state index in [1.54, 1.807) is 30.3 Å². The van der Waals surface area contributed by atoms with Crippen LogP contribution in [0.25, 0.3) is 0 Å². The number of hydrogen-bond donors (Lipinski definition) is 1. The van der Waals surface area contributed by atoms with Crippen LogP contribution in [0.2, 0.25) is 0 Å². The van der Waals surface area contributed by atoms with Crippen LogP contribution in [0.15, 0.2) is 47.4 Å². The van der Waals surface area contributed by atoms with E-state index in [4.69, 9.17) is 0 Å². The van der Waals surface area contributed by atoms with E-state index in [9.17, 15) is 13.2 Å². The lowest BCUT2D eigenvalue weighted by atomic mass is 9.95. The predicted molar refractivity (Wildman–Crippen MR) is 119 cm³/mol. The smallest absolute Gasteiger partial charge is 0.264 e. The quantitative estimate of drug-likeness (QED) is 0.756. The fraction of sp³-hybridized carbons (Fsp3) is 0.458. The number of benzene rings is 2. The number of amides is 1. The summed E-state index contributed by atoms with van der Waals surface area (Å²) in [5.41, 5.74) is 3.42. The van der Waals surface area contributed by atoms with Gasteiger partial charge in [0.05, 0.1) is 10.6 Å². The summed E-state index contributed by atoms with van der Waals surface area (Å²) in [5, 5.41) is 3.13. The molecule has 2 aliphatic carbocycles. The Hall–Kier alpha value is -2.34. The van der Waals surface area contributed by atoms with Crippen LogP contribution in [0, 0.1) is 32.6 Å². The van der Waals surface area contributed by atoms with Crippen molar-refractivity contribution in [3.05, 3.63) is 59.2 Å². The number of rotatable bonds is 6. The average Bonchev–Trinajstić information content (AvgIpc) is 3.30. The molecule has 0 saturated heterocycles. The highest BCUT2D eigenvalue weighted by Gasteiger charge is 2.40. The van der Waals surface area contributed by atoms with Gasteiger partial charge in [-0.2, -0.15) is 0 Å². The number of anilines is 1. The molecule has 0 aliphatic heterocycles. The van der Waals surface area contributed by atoms with Gasteiger partial charge < -0.3 is 5.32 Å². The molecular formula is C24H30N2O3S. The van der Waals surface area contributed by atoms with Crippen LogP contribution in [0.1, 0.15) is 42.4 Å². The Balaban J connectivity index is 1.63. The maximum Gasteiger partial charge on any atom is 0.264 e. The van der Waals surface area contributed by atoms with E-state index in [1.807, 2.05) is 32.9 Å². The van der Waals surface area contributed by atoms with Gasteiger partial charge in [0.25, 0.3) is 10.0 Å². The molecule has 0 spiro atoms. The summed E-state index contributed by atoms with van der Waals surface area (Å²) < 4.78 is 28.3. The molecule has 2 fully saturated rings. The lowest BCUT2D eigenvalue weighted by Crippen LogP contribution is -2.46. The lowest BCUT2D eigenvalue weighted by Gasteiger charge is -2.28. The van der Waals surface area contributed by atoms with E-state index in [-0.39, 0.29) is 23.4 Å². The van der Waals surface area contributed by atoms with Crippen molar-refractivity contribution in [3.63, 3.8) is 0 Å². The summed E-state index contributed by atoms with van der Waals surface area (Å²) in [4.78, 5) is 13.1. The fourth-order valence-corrected chi connectivity index (χ4v) is 6.51. The number of nitrogens with zero attached hydrogens (tertiary/aromatic N) is 1. The van der Waals surface area contributed by atoms with Gasteiger partial charge >= 0.3 is 0 Å². The van der Waals surface area contributed by atoms with E-state index in [0.717, 1.165) is 29.5 Å². The molecule has 0 aromatic heterocycles. The number of aryl methyl sites for hydroxylation is 3. The van der Waals surface area contributed by atoms with Gasteiger partial charge in [-0.15, -0.1) is 0 Å². The van der Waals surface area contributed by atoms with Crippen molar-refractivity contribution in [1.82, 2.24) is 5.32 Å². The second-order valence-corrected chi connectivity index (χ2v) is 10.8. The molecule has 2 aliphatic rings. The Morgan fingerprint density at radius 1 is 1.00 bits per heavy atom. The van der Waals surface area contributed by atoms with Crippen molar-refractivity contribution in [2.45, 2.75) is 57.4 Å². The molecule has 2 aromatic carbocycles. The van der Waals surface area contributed by atoms with Gasteiger partial charge in [-0.05, 0) is 75.6 Å². The molecule has 0 radical (unpaired) electrons. The molecule has 2 aromatic rings. The largest absolute Gasteiger partial charge is 0.352 e. The number of fused-ring (bicyclic) bond motifs is 2. The van der Waals surface area contributed by atoms with Gasteiger partial charge in [-0.3, -0.25) is 9.10 Å². The van der Waals surface area contributed by atoms with Gasteiger partial charge in [0, 0.05) is 6.04 Å². The first kappa shape index (κ1) is 20.9. The molecule has 0 unspecified atom stereocenters. The Morgan fingerprint density at radius 3 is 2.30 bits per heavy atom. The molecule has 1 N–H and O–H groups in total. The lowest BCUT2D eigenvalue weighted by molar-refractivity contribution is -0.120. The van der Waals surface area contributed by atoms with E-state index in [0.29, 0.717) is 17.5 Å². The van der Waals surface area contributed by atoms with Crippen LogP contribution in [0.4, 0.5) is 5.69 Å². The molecule has 160 valence electrons. The summed E-state index contributed by atoms with van der Waals surface area (Å²) in [6.07, 6.45) is 4.63. The third kappa shape index (κ3) is 4.10. The highest BCUT2D eigenvalue weighted by molar-refractivity contribution is 7.92. The first-order valence-corrected chi connectivity index (χ1v) is 12.1. The standard InChI is InChI=1S/C24H30N2O3S/c1-16-4-9-21(10-5-16)30(28,29)26(23-11-6-17(2)12-18(23)3)15-24(27)25-22-14-19-7-8-20(22)13-19/h4-6,9-12,19-20,22H,7-8,13-15H2,1-3H3,(H,25,27)/t19-,20+,22+/m1/s1. The molecule has 1 amide bonds. The van der Waals surface area contributed by atoms with Gasteiger partial charge in [-0.25, -0.2) is 8.42 Å². The first-order valence-electron chi connectivity index (χ1n) is 10.7. The minimum Gasteiger partial charge on any atom is -0.352 e. The van der Waals surface area contributed by atoms with E-state index in [2.05, 4.69) is 5.32 Å². The zero-order chi connectivity index (χ0) is 21.5. The highest BCUT2D eigenvalue weighted by Crippen LogP contribution is 2.44. The van der Waals surface area contributed by atoms with Crippen molar-refractivity contribution in [2.75, 3.05) is 10.8 Å². The van der Waals surface area contributed by atoms with E-state index >= 15 is 0 Å². The zero-order valence-corrected chi connectivity index (χ0v) is 18.7. The zero-order valence-electron chi connectivity index (χ0n) is 17.9. The molecule has 3 atom stereocenters. The normalized spacial score (nSPS) is 22.8. The Bertz CT molecular complexity index is 1050. The fourth-order valence-electron chi connectivity index (χ4n) is 5.03. The highest BCUT2D eigenvalue weighted by atomic mass is 32.2. The molecule has 2 bridgehead atoms. The molecule has 2 saturated carbocycles. The number of hydrogen-bond acceptors (Lipinski definition) is 3. The van der Waals surface area contributed by atoms with Crippen molar-refractivity contribution >= 4 is 21.6 Å². The topological polar surface area (TPSA) is 66.5 Å². The summed E-state index contributed by atoms with van der Waals surface area (Å²) in [6, 6.07) is 12.6. The van der Waals surface area contributed by atoms with E-state index < -0.39 is 10.0 Å². The maximum atomic E-state index is 13.5. The average molecular weight is 427 g/mol. The maximum absolute atomic E-state index is 13.5. The Morgan fingerprint density at radius 2 is 1.70 bits per heavy atom. The van der Waals surface area contributed by atoms with Crippen molar-refractivity contribution < 1.29 is 13.2 Å². The van der Waals surface area contributed by atoms with Crippen LogP contribution < -0.4 is 9.62 Å². The monoisotopic (exact) mass is 426 g/mol. The number of sulfonamides is 1. The molecule has 30 heavy (non-hydrogen) atoms. The molecule has 0 heterocycles. The van der Waals surface area contributed by atoms with Crippen molar-refractivity contribution in [3.8, 4) is 0 Å². The second-order valence-electron chi connectivity index (χ2n) is 8.96. The Kier molecular flexibility index (Phi) is 5.62. The molecule has 4 rings (SSSR count). The second kappa shape index (κ2) is 8.06. The van der Waals surface area contributed by atoms with Gasteiger partial charge in [-0.1, -0.05) is 41.8 Å². The molecular weight excluding hydrogens is 396 g/mol. The van der Waals surface area contributed by atoms with Gasteiger partial charge in [0.1, 0.15) is 6.54 Å². The van der Waals surface area contributed by atoms with Crippen LogP contribution >= 0.6 is 0 Å². The SMILES string of the molecule is Cc1ccc(S(=O)(=O)N(CC(=O)N[C@H]2C[C@@H]3CC[C@H]2C3)c2ccc(C)cc2C)cc1. The summed E-state index contributed by atoms with van der Waals surface area (Å²) in [6.45, 7) is 5.56. The van der Waals surface area contributed by atoms with Crippen LogP contribution in [-0.2, 0) is 14.8 Å². The number of carbonyl (C=O) groups is 1. The minimum atomic E-state index is -3.87. The predicted octanol–water partition coefficient (Wildman–Crippen LogP) is 4.11. The van der Waals surface area contributed by atoms with Crippen LogP contribution in [-0.4, -0.2) is 26.9 Å². The summed E-state index contributed by atoms with van der Waals surface area (Å²) in [5.74, 6) is 1.03. The van der Waals surface area contributed by atoms with Crippen LogP contribution in [0.5, 0.6) is 0 Å². The van der Waals surface area contributed by atoms with Crippen molar-refractivity contribution in [2.24, 2.45) is 11.8 Å². The molecule has 5 nitrogen and oxygen atoms in total. The minimum absolute atomic E-state index is 0.180. The number of carbonyl (C=O) groups excluding carboxylic acids is 1.